The van der Waals surface area contributed by atoms with E-state index in [1.54, 1.807) is 17.8 Å². The number of esters is 1. The summed E-state index contributed by atoms with van der Waals surface area (Å²) in [5.74, 6) is 1.04. The lowest BCUT2D eigenvalue weighted by atomic mass is 9.80. The van der Waals surface area contributed by atoms with E-state index < -0.39 is 5.97 Å². The van der Waals surface area contributed by atoms with Crippen molar-refractivity contribution >= 4 is 52.7 Å². The zero-order valence-corrected chi connectivity index (χ0v) is 40.7. The number of piperidine rings is 2. The van der Waals surface area contributed by atoms with Gasteiger partial charge < -0.3 is 30.1 Å². The lowest BCUT2D eigenvalue weighted by molar-refractivity contribution is -0.143. The van der Waals surface area contributed by atoms with E-state index in [0.29, 0.717) is 48.0 Å². The molecule has 1 unspecified atom stereocenters. The number of aromatic nitrogens is 4. The van der Waals surface area contributed by atoms with Gasteiger partial charge in [-0.05, 0) is 114 Å². The molecular weight excluding hydrogens is 877 g/mol. The number of likely N-dealkylation sites (tertiary alicyclic amines) is 1. The van der Waals surface area contributed by atoms with Crippen LogP contribution in [0.1, 0.15) is 112 Å². The van der Waals surface area contributed by atoms with Crippen LogP contribution in [-0.2, 0) is 31.0 Å². The van der Waals surface area contributed by atoms with Crippen molar-refractivity contribution in [3.05, 3.63) is 54.0 Å². The Morgan fingerprint density at radius 1 is 0.768 bits per heavy atom. The number of hydrogen-bond acceptors (Lipinski definition) is 14. The molecule has 6 aliphatic rings. The van der Waals surface area contributed by atoms with Gasteiger partial charge in [0.15, 0.2) is 0 Å². The minimum atomic E-state index is -0.450. The molecule has 372 valence electrons. The second-order valence-corrected chi connectivity index (χ2v) is 20.2. The van der Waals surface area contributed by atoms with E-state index in [4.69, 9.17) is 4.74 Å². The summed E-state index contributed by atoms with van der Waals surface area (Å²) in [5, 5.41) is 13.4. The van der Waals surface area contributed by atoms with E-state index in [2.05, 4.69) is 67.6 Å². The standard InChI is InChI=1S/C51H72N12O6/c1-3-69-50(68)44-33-52-51(55-40-32-53-58(2)34-40)57-46(44)54-39-10-14-42(15-11-39)61-28-30-63(31-29-61)49(67)38-6-4-37(5-7-38)48(66)62-22-19-35(20-23-62)18-21-59-24-26-60(27-25-59)41-12-8-36(9-13-41)43-16-17-45(64)56-47(43)65/h8-9,12-13,32-35,37-39,42-43H,3-7,10-11,14-31H2,1-2H3,(H,56,64,65)(H2,52,54,55,57). The first-order valence-electron chi connectivity index (χ1n) is 25.9. The van der Waals surface area contributed by atoms with Crippen LogP contribution < -0.4 is 20.9 Å². The Balaban J connectivity index is 0.642. The number of benzene rings is 1. The highest BCUT2D eigenvalue weighted by Gasteiger charge is 2.37. The van der Waals surface area contributed by atoms with E-state index >= 15 is 0 Å². The van der Waals surface area contributed by atoms with Gasteiger partial charge in [0.25, 0.3) is 0 Å². The highest BCUT2D eigenvalue weighted by Crippen LogP contribution is 2.34. The van der Waals surface area contributed by atoms with Crippen LogP contribution >= 0.6 is 0 Å². The molecule has 2 saturated carbocycles. The number of rotatable bonds is 14. The van der Waals surface area contributed by atoms with Gasteiger partial charge in [0.05, 0.1) is 24.4 Å². The molecule has 4 amide bonds. The average Bonchev–Trinajstić information content (AvgIpc) is 3.79. The summed E-state index contributed by atoms with van der Waals surface area (Å²) in [6.45, 7) is 12.1. The Morgan fingerprint density at radius 2 is 1.43 bits per heavy atom. The minimum absolute atomic E-state index is 0.0154. The van der Waals surface area contributed by atoms with Crippen LogP contribution in [0.2, 0.25) is 0 Å². The van der Waals surface area contributed by atoms with E-state index in [9.17, 15) is 24.0 Å². The van der Waals surface area contributed by atoms with E-state index in [-0.39, 0.29) is 48.1 Å². The van der Waals surface area contributed by atoms with Crippen molar-refractivity contribution in [2.24, 2.45) is 24.8 Å². The average molecular weight is 949 g/mol. The number of hydrogen-bond donors (Lipinski definition) is 3. The van der Waals surface area contributed by atoms with Gasteiger partial charge in [0, 0.05) is 121 Å². The van der Waals surface area contributed by atoms with Crippen molar-refractivity contribution in [2.75, 3.05) is 94.1 Å². The Kier molecular flexibility index (Phi) is 15.7. The number of carbonyl (C=O) groups is 5. The van der Waals surface area contributed by atoms with Gasteiger partial charge in [0.1, 0.15) is 11.4 Å². The van der Waals surface area contributed by atoms with Gasteiger partial charge in [-0.15, -0.1) is 0 Å². The van der Waals surface area contributed by atoms with Crippen LogP contribution in [0.5, 0.6) is 0 Å². The molecule has 2 aliphatic carbocycles. The molecule has 3 aromatic rings. The molecule has 6 heterocycles. The molecular formula is C51H72N12O6. The maximum Gasteiger partial charge on any atom is 0.343 e. The quantitative estimate of drug-likeness (QED) is 0.148. The predicted molar refractivity (Wildman–Crippen MR) is 262 cm³/mol. The fourth-order valence-corrected chi connectivity index (χ4v) is 11.7. The predicted octanol–water partition coefficient (Wildman–Crippen LogP) is 4.78. The third kappa shape index (κ3) is 12.0. The molecule has 18 heteroatoms. The van der Waals surface area contributed by atoms with Crippen LogP contribution in [0, 0.1) is 17.8 Å². The fraction of sp³-hybridized carbons (Fsp3) is 0.647. The number of amides is 4. The van der Waals surface area contributed by atoms with Gasteiger partial charge in [-0.25, -0.2) is 9.78 Å². The normalized spacial score (nSPS) is 25.5. The van der Waals surface area contributed by atoms with Gasteiger partial charge in [-0.2, -0.15) is 10.1 Å². The third-order valence-electron chi connectivity index (χ3n) is 15.9. The number of aryl methyl sites for hydroxylation is 1. The summed E-state index contributed by atoms with van der Waals surface area (Å²) >= 11 is 0. The summed E-state index contributed by atoms with van der Waals surface area (Å²) < 4.78 is 7.00. The van der Waals surface area contributed by atoms with Crippen molar-refractivity contribution in [1.29, 1.82) is 0 Å². The van der Waals surface area contributed by atoms with Gasteiger partial charge >= 0.3 is 5.97 Å². The van der Waals surface area contributed by atoms with Gasteiger partial charge in [-0.1, -0.05) is 12.1 Å². The topological polar surface area (TPSA) is 190 Å². The molecule has 69 heavy (non-hydrogen) atoms. The first-order valence-corrected chi connectivity index (χ1v) is 25.9. The molecule has 18 nitrogen and oxygen atoms in total. The fourth-order valence-electron chi connectivity index (χ4n) is 11.7. The van der Waals surface area contributed by atoms with Crippen molar-refractivity contribution in [2.45, 2.75) is 108 Å². The summed E-state index contributed by atoms with van der Waals surface area (Å²) in [4.78, 5) is 84.9. The molecule has 2 aromatic heterocycles. The molecule has 6 fully saturated rings. The van der Waals surface area contributed by atoms with E-state index in [1.807, 2.05) is 25.4 Å². The lowest BCUT2D eigenvalue weighted by Gasteiger charge is -2.43. The first-order chi connectivity index (χ1) is 33.6. The number of carbonyl (C=O) groups excluding carboxylic acids is 5. The van der Waals surface area contributed by atoms with Crippen LogP contribution in [0.3, 0.4) is 0 Å². The zero-order chi connectivity index (χ0) is 47.9. The maximum atomic E-state index is 13.8. The van der Waals surface area contributed by atoms with E-state index in [1.165, 1.54) is 18.3 Å². The van der Waals surface area contributed by atoms with E-state index in [0.717, 1.165) is 147 Å². The molecule has 1 aromatic carbocycles. The van der Waals surface area contributed by atoms with Crippen molar-refractivity contribution < 1.29 is 28.7 Å². The second-order valence-electron chi connectivity index (χ2n) is 20.2. The van der Waals surface area contributed by atoms with Crippen molar-refractivity contribution in [3.8, 4) is 0 Å². The lowest BCUT2D eigenvalue weighted by Crippen LogP contribution is -2.54. The van der Waals surface area contributed by atoms with Gasteiger partial charge in [0.2, 0.25) is 29.6 Å². The number of ether oxygens (including phenoxy) is 1. The molecule has 1 atom stereocenters. The third-order valence-corrected chi connectivity index (χ3v) is 15.9. The molecule has 0 radical (unpaired) electrons. The van der Waals surface area contributed by atoms with Crippen LogP contribution in [-0.4, -0.2) is 160 Å². The summed E-state index contributed by atoms with van der Waals surface area (Å²) in [6.07, 6.45) is 16.4. The highest BCUT2D eigenvalue weighted by molar-refractivity contribution is 6.01. The van der Waals surface area contributed by atoms with Crippen LogP contribution in [0.25, 0.3) is 0 Å². The number of nitrogens with one attached hydrogen (secondary N) is 3. The number of imide groups is 1. The second kappa shape index (κ2) is 22.4. The summed E-state index contributed by atoms with van der Waals surface area (Å²) in [7, 11) is 1.84. The Hall–Kier alpha value is -5.62. The van der Waals surface area contributed by atoms with Crippen molar-refractivity contribution in [1.82, 2.24) is 44.7 Å². The summed E-state index contributed by atoms with van der Waals surface area (Å²) in [5.41, 5.74) is 3.22. The Bertz CT molecular complexity index is 2250. The summed E-state index contributed by atoms with van der Waals surface area (Å²) in [6, 6.07) is 8.92. The van der Waals surface area contributed by atoms with Crippen LogP contribution in [0.15, 0.2) is 42.9 Å². The maximum absolute atomic E-state index is 13.8. The van der Waals surface area contributed by atoms with Gasteiger partial charge in [-0.3, -0.25) is 39.0 Å². The number of nitrogens with zero attached hydrogens (tertiary/aromatic N) is 9. The SMILES string of the molecule is CCOC(=O)c1cnc(Nc2cnn(C)c2)nc1NC1CCC(N2CCN(C(=O)C3CCC(C(=O)N4CCC(CCN5CCN(c6ccc(C7CCC(=O)NC7=O)cc6)CC5)CC4)CC3)CC2)CC1. The monoisotopic (exact) mass is 949 g/mol. The molecule has 9 rings (SSSR count). The molecule has 0 spiro atoms. The Labute approximate surface area is 406 Å². The number of anilines is 4. The molecule has 4 saturated heterocycles. The molecule has 3 N–H and O–H groups in total. The zero-order valence-electron chi connectivity index (χ0n) is 40.7. The molecule has 0 bridgehead atoms. The highest BCUT2D eigenvalue weighted by atomic mass is 16.5. The molecule has 4 aliphatic heterocycles. The van der Waals surface area contributed by atoms with Crippen molar-refractivity contribution in [3.63, 3.8) is 0 Å². The largest absolute Gasteiger partial charge is 0.462 e. The number of piperazine rings is 2. The minimum Gasteiger partial charge on any atom is -0.462 e. The van der Waals surface area contributed by atoms with Crippen LogP contribution in [0.4, 0.5) is 23.1 Å². The Morgan fingerprint density at radius 3 is 2.06 bits per heavy atom. The smallest absolute Gasteiger partial charge is 0.343 e. The first kappa shape index (κ1) is 48.4.